The van der Waals surface area contributed by atoms with E-state index in [4.69, 9.17) is 0 Å². The number of hydrogen-bond donors (Lipinski definition) is 1. The zero-order valence-corrected chi connectivity index (χ0v) is 17.7. The van der Waals surface area contributed by atoms with E-state index >= 15 is 0 Å². The normalized spacial score (nSPS) is 17.5. The molecular formula is C21H30N2O2S2. The van der Waals surface area contributed by atoms with E-state index in [1.807, 2.05) is 12.1 Å². The molecule has 1 aromatic heterocycles. The molecule has 4 nitrogen and oxygen atoms in total. The topological polar surface area (TPSA) is 49.4 Å². The van der Waals surface area contributed by atoms with Gasteiger partial charge < -0.3 is 0 Å². The Hall–Kier alpha value is -1.21. The van der Waals surface area contributed by atoms with Crippen LogP contribution in [0.25, 0.3) is 0 Å². The van der Waals surface area contributed by atoms with Crippen molar-refractivity contribution < 1.29 is 8.42 Å². The van der Waals surface area contributed by atoms with E-state index in [2.05, 4.69) is 33.4 Å². The lowest BCUT2D eigenvalue weighted by Crippen LogP contribution is -2.38. The van der Waals surface area contributed by atoms with Gasteiger partial charge >= 0.3 is 0 Å². The Labute approximate surface area is 167 Å². The highest BCUT2D eigenvalue weighted by atomic mass is 32.2. The highest BCUT2D eigenvalue weighted by Crippen LogP contribution is 2.26. The van der Waals surface area contributed by atoms with Gasteiger partial charge in [0.1, 0.15) is 0 Å². The highest BCUT2D eigenvalue weighted by molar-refractivity contribution is 7.89. The molecule has 2 heterocycles. The number of sulfonamides is 1. The molecule has 6 heteroatoms. The maximum absolute atomic E-state index is 12.8. The summed E-state index contributed by atoms with van der Waals surface area (Å²) in [7, 11) is -3.50. The number of rotatable bonds is 8. The average Bonchev–Trinajstić information content (AvgIpc) is 3.05. The van der Waals surface area contributed by atoms with Gasteiger partial charge in [-0.15, -0.1) is 0 Å². The highest BCUT2D eigenvalue weighted by Gasteiger charge is 2.24. The van der Waals surface area contributed by atoms with E-state index in [-0.39, 0.29) is 6.04 Å². The first-order chi connectivity index (χ1) is 13.1. The molecule has 1 aromatic carbocycles. The van der Waals surface area contributed by atoms with Crippen molar-refractivity contribution in [3.05, 3.63) is 52.2 Å². The summed E-state index contributed by atoms with van der Waals surface area (Å²) in [5, 5.41) is 4.21. The van der Waals surface area contributed by atoms with Crippen molar-refractivity contribution in [2.75, 3.05) is 19.6 Å². The van der Waals surface area contributed by atoms with Gasteiger partial charge in [0.2, 0.25) is 10.0 Å². The SMILES string of the molecule is CCCc1ccc(S(=O)(=O)NCC(c2ccsc2)N2CCCCCC2)cc1. The van der Waals surface area contributed by atoms with Crippen LogP contribution in [0.2, 0.25) is 0 Å². The molecule has 0 radical (unpaired) electrons. The van der Waals surface area contributed by atoms with Crippen molar-refractivity contribution in [2.24, 2.45) is 0 Å². The quantitative estimate of drug-likeness (QED) is 0.697. The van der Waals surface area contributed by atoms with Crippen LogP contribution in [0.15, 0.2) is 46.0 Å². The third-order valence-electron chi connectivity index (χ3n) is 5.25. The lowest BCUT2D eigenvalue weighted by Gasteiger charge is -2.30. The van der Waals surface area contributed by atoms with Crippen LogP contribution in [0, 0.1) is 0 Å². The van der Waals surface area contributed by atoms with Gasteiger partial charge in [-0.2, -0.15) is 11.3 Å². The van der Waals surface area contributed by atoms with Crippen LogP contribution in [0.5, 0.6) is 0 Å². The predicted molar refractivity (Wildman–Crippen MR) is 113 cm³/mol. The molecule has 1 unspecified atom stereocenters. The Morgan fingerprint density at radius 3 is 2.37 bits per heavy atom. The Morgan fingerprint density at radius 2 is 1.78 bits per heavy atom. The molecule has 1 aliphatic rings. The summed E-state index contributed by atoms with van der Waals surface area (Å²) in [4.78, 5) is 2.80. The molecule has 1 aliphatic heterocycles. The molecule has 0 bridgehead atoms. The molecule has 1 atom stereocenters. The average molecular weight is 407 g/mol. The minimum atomic E-state index is -3.50. The van der Waals surface area contributed by atoms with E-state index in [1.165, 1.54) is 36.8 Å². The first kappa shape index (κ1) is 20.5. The first-order valence-corrected chi connectivity index (χ1v) is 12.4. The standard InChI is InChI=1S/C21H30N2O2S2/c1-2-7-18-8-10-20(11-9-18)27(24,25)22-16-21(19-12-15-26-17-19)23-13-5-3-4-6-14-23/h8-12,15,17,21-22H,2-7,13-14,16H2,1H3. The summed E-state index contributed by atoms with van der Waals surface area (Å²) in [6.07, 6.45) is 6.94. The number of aryl methyl sites for hydroxylation is 1. The molecule has 0 aliphatic carbocycles. The molecule has 27 heavy (non-hydrogen) atoms. The van der Waals surface area contributed by atoms with Crippen LogP contribution < -0.4 is 4.72 Å². The third-order valence-corrected chi connectivity index (χ3v) is 7.39. The number of thiophene rings is 1. The van der Waals surface area contributed by atoms with Crippen LogP contribution in [0.1, 0.15) is 56.2 Å². The summed E-state index contributed by atoms with van der Waals surface area (Å²) in [6.45, 7) is 4.61. The number of hydrogen-bond acceptors (Lipinski definition) is 4. The molecule has 3 rings (SSSR count). The summed E-state index contributed by atoms with van der Waals surface area (Å²) in [5.74, 6) is 0. The van der Waals surface area contributed by atoms with E-state index in [1.54, 1.807) is 23.5 Å². The molecule has 1 fully saturated rings. The summed E-state index contributed by atoms with van der Waals surface area (Å²) in [5.41, 5.74) is 2.39. The molecule has 1 N–H and O–H groups in total. The van der Waals surface area contributed by atoms with Gasteiger partial charge in [-0.05, 0) is 72.4 Å². The number of likely N-dealkylation sites (tertiary alicyclic amines) is 1. The van der Waals surface area contributed by atoms with Crippen LogP contribution in [-0.2, 0) is 16.4 Å². The minimum absolute atomic E-state index is 0.100. The van der Waals surface area contributed by atoms with E-state index in [0.717, 1.165) is 25.9 Å². The van der Waals surface area contributed by atoms with Crippen molar-refractivity contribution >= 4 is 21.4 Å². The van der Waals surface area contributed by atoms with Gasteiger partial charge in [0.25, 0.3) is 0 Å². The number of nitrogens with zero attached hydrogens (tertiary/aromatic N) is 1. The van der Waals surface area contributed by atoms with Gasteiger partial charge in [0, 0.05) is 12.6 Å². The Balaban J connectivity index is 1.71. The Bertz CT molecular complexity index is 778. The molecule has 148 valence electrons. The molecule has 0 amide bonds. The smallest absolute Gasteiger partial charge is 0.240 e. The molecule has 2 aromatic rings. The van der Waals surface area contributed by atoms with E-state index in [0.29, 0.717) is 11.4 Å². The van der Waals surface area contributed by atoms with Crippen molar-refractivity contribution in [1.29, 1.82) is 0 Å². The van der Waals surface area contributed by atoms with E-state index in [9.17, 15) is 8.42 Å². The lowest BCUT2D eigenvalue weighted by molar-refractivity contribution is 0.206. The molecule has 1 saturated heterocycles. The largest absolute Gasteiger partial charge is 0.295 e. The number of benzene rings is 1. The predicted octanol–water partition coefficient (Wildman–Crippen LogP) is 4.60. The van der Waals surface area contributed by atoms with Crippen molar-refractivity contribution in [3.8, 4) is 0 Å². The van der Waals surface area contributed by atoms with Crippen molar-refractivity contribution in [1.82, 2.24) is 9.62 Å². The third kappa shape index (κ3) is 5.64. The summed E-state index contributed by atoms with van der Waals surface area (Å²) >= 11 is 1.67. The minimum Gasteiger partial charge on any atom is -0.295 e. The zero-order chi connectivity index (χ0) is 19.1. The molecular weight excluding hydrogens is 376 g/mol. The van der Waals surface area contributed by atoms with Crippen LogP contribution >= 0.6 is 11.3 Å². The Kier molecular flexibility index (Phi) is 7.47. The second kappa shape index (κ2) is 9.82. The maximum Gasteiger partial charge on any atom is 0.240 e. The van der Waals surface area contributed by atoms with Crippen LogP contribution in [0.3, 0.4) is 0 Å². The fourth-order valence-electron chi connectivity index (χ4n) is 3.73. The lowest BCUT2D eigenvalue weighted by atomic mass is 10.1. The van der Waals surface area contributed by atoms with Gasteiger partial charge in [-0.1, -0.05) is 38.3 Å². The van der Waals surface area contributed by atoms with Gasteiger partial charge in [-0.3, -0.25) is 4.90 Å². The van der Waals surface area contributed by atoms with Crippen LogP contribution in [-0.4, -0.2) is 33.0 Å². The Morgan fingerprint density at radius 1 is 1.07 bits per heavy atom. The fraction of sp³-hybridized carbons (Fsp3) is 0.524. The van der Waals surface area contributed by atoms with Gasteiger partial charge in [0.05, 0.1) is 4.90 Å². The van der Waals surface area contributed by atoms with E-state index < -0.39 is 10.0 Å². The summed E-state index contributed by atoms with van der Waals surface area (Å²) in [6, 6.07) is 9.50. The first-order valence-electron chi connectivity index (χ1n) is 9.95. The fourth-order valence-corrected chi connectivity index (χ4v) is 5.47. The van der Waals surface area contributed by atoms with Crippen molar-refractivity contribution in [3.63, 3.8) is 0 Å². The van der Waals surface area contributed by atoms with Gasteiger partial charge in [-0.25, -0.2) is 13.1 Å². The molecule has 0 spiro atoms. The summed E-state index contributed by atoms with van der Waals surface area (Å²) < 4.78 is 28.5. The zero-order valence-electron chi connectivity index (χ0n) is 16.1. The maximum atomic E-state index is 12.8. The number of nitrogens with one attached hydrogen (secondary N) is 1. The second-order valence-electron chi connectivity index (χ2n) is 7.27. The monoisotopic (exact) mass is 406 g/mol. The second-order valence-corrected chi connectivity index (χ2v) is 9.82. The molecule has 0 saturated carbocycles. The van der Waals surface area contributed by atoms with Crippen LogP contribution in [0.4, 0.5) is 0 Å². The van der Waals surface area contributed by atoms with Crippen molar-refractivity contribution in [2.45, 2.75) is 56.4 Å². The van der Waals surface area contributed by atoms with Gasteiger partial charge in [0.15, 0.2) is 0 Å².